The predicted octanol–water partition coefficient (Wildman–Crippen LogP) is 1.85. The van der Waals surface area contributed by atoms with Crippen molar-refractivity contribution in [2.75, 3.05) is 26.2 Å². The molecule has 0 bridgehead atoms. The average molecular weight is 426 g/mol. The number of hydrogen-bond acceptors (Lipinski definition) is 3. The number of quaternary nitrogens is 1. The van der Waals surface area contributed by atoms with Crippen LogP contribution < -0.4 is 12.4 Å². The molecule has 166 valence electrons. The topological polar surface area (TPSA) is 60.7 Å². The lowest BCUT2D eigenvalue weighted by atomic mass is 10.0. The molecule has 0 saturated heterocycles. The van der Waals surface area contributed by atoms with Gasteiger partial charge in [0.05, 0.1) is 26.2 Å². The molecular weight excluding hydrogens is 378 g/mol. The van der Waals surface area contributed by atoms with Gasteiger partial charge in [0.1, 0.15) is 0 Å². The highest BCUT2D eigenvalue weighted by molar-refractivity contribution is 6.56. The van der Waals surface area contributed by atoms with E-state index >= 15 is 0 Å². The van der Waals surface area contributed by atoms with E-state index in [4.69, 9.17) is 0 Å². The maximum atomic E-state index is 9.19. The van der Waals surface area contributed by atoms with Gasteiger partial charge in [0.25, 0.3) is 0 Å². The van der Waals surface area contributed by atoms with E-state index in [1.54, 1.807) is 0 Å². The number of rotatable bonds is 19. The van der Waals surface area contributed by atoms with Crippen LogP contribution in [0.3, 0.4) is 0 Å². The van der Waals surface area contributed by atoms with Crippen molar-refractivity contribution in [1.29, 1.82) is 0 Å². The first-order chi connectivity index (χ1) is 12.4. The molecule has 0 amide bonds. The van der Waals surface area contributed by atoms with Crippen LogP contribution in [0.2, 0.25) is 6.04 Å². The summed E-state index contributed by atoms with van der Waals surface area (Å²) in [6, 6.07) is 0.172. The first kappa shape index (κ1) is 29.5. The lowest BCUT2D eigenvalue weighted by molar-refractivity contribution is -0.925. The van der Waals surface area contributed by atoms with Crippen LogP contribution in [0.15, 0.2) is 0 Å². The van der Waals surface area contributed by atoms with Gasteiger partial charge in [-0.05, 0) is 26.7 Å². The summed E-state index contributed by atoms with van der Waals surface area (Å²) < 4.78 is 1.04. The summed E-state index contributed by atoms with van der Waals surface area (Å²) in [5, 5.41) is 0. The fraction of sp³-hybridized carbons (Fsp3) is 1.00. The maximum Gasteiger partial charge on any atom is 0.492 e. The first-order valence-electron chi connectivity index (χ1n) is 11.4. The van der Waals surface area contributed by atoms with E-state index < -0.39 is 8.80 Å². The van der Waals surface area contributed by atoms with E-state index in [0.29, 0.717) is 6.42 Å². The molecule has 0 aliphatic heterocycles. The van der Waals surface area contributed by atoms with Gasteiger partial charge in [-0.3, -0.25) is 0 Å². The summed E-state index contributed by atoms with van der Waals surface area (Å²) in [6.45, 7) is 11.0. The van der Waals surface area contributed by atoms with Gasteiger partial charge in [-0.15, -0.1) is 0 Å². The number of halogens is 1. The first-order valence-corrected chi connectivity index (χ1v) is 13.5. The maximum absolute atomic E-state index is 9.19. The molecule has 0 rings (SSSR count). The molecule has 27 heavy (non-hydrogen) atoms. The van der Waals surface area contributed by atoms with Gasteiger partial charge < -0.3 is 31.3 Å². The van der Waals surface area contributed by atoms with Crippen molar-refractivity contribution in [3.63, 3.8) is 0 Å². The second-order valence-electron chi connectivity index (χ2n) is 8.19. The van der Waals surface area contributed by atoms with Crippen LogP contribution in [0.25, 0.3) is 0 Å². The van der Waals surface area contributed by atoms with E-state index in [-0.39, 0.29) is 18.5 Å². The lowest BCUT2D eigenvalue weighted by Gasteiger charge is -2.37. The fourth-order valence-corrected chi connectivity index (χ4v) is 4.54. The Morgan fingerprint density at radius 3 is 1.30 bits per heavy atom. The molecule has 0 spiro atoms. The quantitative estimate of drug-likeness (QED) is 0.168. The third-order valence-corrected chi connectivity index (χ3v) is 7.00. The second-order valence-corrected chi connectivity index (χ2v) is 10.2. The van der Waals surface area contributed by atoms with Gasteiger partial charge in [0.2, 0.25) is 0 Å². The largest absolute Gasteiger partial charge is 1.00 e. The monoisotopic (exact) mass is 425 g/mol. The van der Waals surface area contributed by atoms with Crippen LogP contribution in [-0.2, 0) is 0 Å². The molecule has 0 aromatic carbocycles. The minimum absolute atomic E-state index is 0. The Kier molecular flexibility index (Phi) is 20.1. The Hall–Kier alpha value is 0.347. The van der Waals surface area contributed by atoms with Crippen LogP contribution in [0.1, 0.15) is 104 Å². The van der Waals surface area contributed by atoms with Crippen molar-refractivity contribution in [3.8, 4) is 0 Å². The van der Waals surface area contributed by atoms with Gasteiger partial charge in [-0.25, -0.2) is 0 Å². The molecule has 6 heteroatoms. The Balaban J connectivity index is 0. The Morgan fingerprint density at radius 2 is 0.926 bits per heavy atom. The summed E-state index contributed by atoms with van der Waals surface area (Å²) >= 11 is 0. The minimum Gasteiger partial charge on any atom is -1.00 e. The second kappa shape index (κ2) is 18.4. The van der Waals surface area contributed by atoms with Crippen LogP contribution in [0.5, 0.6) is 0 Å². The van der Waals surface area contributed by atoms with Crippen LogP contribution in [0.4, 0.5) is 0 Å². The SMILES string of the molecule is CCCCCCCCCCCCCC[N+](CC)(CC)CCC[Si](O)(O)O.[Cl-]. The summed E-state index contributed by atoms with van der Waals surface area (Å²) in [6.07, 6.45) is 17.2. The standard InChI is InChI=1S/C21H48NO3Si.ClH/c1-4-7-8-9-10-11-12-13-14-15-16-17-19-22(5-2,6-3)20-18-21-26(23,24)25;/h23-25H,4-21H2,1-3H3;1H/q+1;/p-1. The molecule has 0 atom stereocenters. The van der Waals surface area contributed by atoms with Crippen LogP contribution in [-0.4, -0.2) is 53.9 Å². The van der Waals surface area contributed by atoms with Crippen molar-refractivity contribution in [3.05, 3.63) is 0 Å². The molecule has 0 fully saturated rings. The highest BCUT2D eigenvalue weighted by atomic mass is 35.5. The predicted molar refractivity (Wildman–Crippen MR) is 114 cm³/mol. The molecule has 3 N–H and O–H groups in total. The molecule has 0 aliphatic carbocycles. The molecule has 0 aromatic heterocycles. The Bertz CT molecular complexity index is 310. The van der Waals surface area contributed by atoms with Crippen LogP contribution >= 0.6 is 0 Å². The summed E-state index contributed by atoms with van der Waals surface area (Å²) in [5.74, 6) is 0. The summed E-state index contributed by atoms with van der Waals surface area (Å²) in [5.41, 5.74) is 0. The van der Waals surface area contributed by atoms with Gasteiger partial charge >= 0.3 is 8.80 Å². The van der Waals surface area contributed by atoms with Crippen molar-refractivity contribution in [1.82, 2.24) is 0 Å². The van der Waals surface area contributed by atoms with E-state index in [1.807, 2.05) is 0 Å². The van der Waals surface area contributed by atoms with E-state index in [1.165, 1.54) is 83.6 Å². The number of nitrogens with zero attached hydrogens (tertiary/aromatic N) is 1. The highest BCUT2D eigenvalue weighted by Gasteiger charge is 2.29. The Morgan fingerprint density at radius 1 is 0.556 bits per heavy atom. The number of unbranched alkanes of at least 4 members (excludes halogenated alkanes) is 11. The number of hydrogen-bond donors (Lipinski definition) is 3. The van der Waals surface area contributed by atoms with E-state index in [9.17, 15) is 14.4 Å². The van der Waals surface area contributed by atoms with E-state index in [0.717, 1.165) is 24.1 Å². The average Bonchev–Trinajstić information content (AvgIpc) is 2.60. The smallest absolute Gasteiger partial charge is 0.492 e. The van der Waals surface area contributed by atoms with Crippen molar-refractivity contribution >= 4 is 8.80 Å². The van der Waals surface area contributed by atoms with Gasteiger partial charge in [0, 0.05) is 12.5 Å². The zero-order valence-electron chi connectivity index (χ0n) is 18.4. The van der Waals surface area contributed by atoms with Gasteiger partial charge in [-0.2, -0.15) is 0 Å². The van der Waals surface area contributed by atoms with Crippen molar-refractivity contribution in [2.45, 2.75) is 110 Å². The molecule has 0 aliphatic rings. The van der Waals surface area contributed by atoms with Crippen LogP contribution in [0, 0.1) is 0 Å². The molecule has 4 nitrogen and oxygen atoms in total. The molecule has 0 radical (unpaired) electrons. The third kappa shape index (κ3) is 18.1. The van der Waals surface area contributed by atoms with Gasteiger partial charge in [-0.1, -0.05) is 71.1 Å². The molecule has 0 heterocycles. The summed E-state index contributed by atoms with van der Waals surface area (Å²) in [7, 11) is -3.86. The fourth-order valence-electron chi connectivity index (χ4n) is 3.91. The minimum atomic E-state index is -3.86. The van der Waals surface area contributed by atoms with Gasteiger partial charge in [0.15, 0.2) is 0 Å². The lowest BCUT2D eigenvalue weighted by Crippen LogP contribution is -3.00. The highest BCUT2D eigenvalue weighted by Crippen LogP contribution is 2.16. The molecule has 0 aromatic rings. The molecule has 0 saturated carbocycles. The van der Waals surface area contributed by atoms with E-state index in [2.05, 4.69) is 20.8 Å². The van der Waals surface area contributed by atoms with Crippen molar-refractivity contribution in [2.24, 2.45) is 0 Å². The zero-order chi connectivity index (χ0) is 19.7. The zero-order valence-corrected chi connectivity index (χ0v) is 20.2. The molecule has 0 unspecified atom stereocenters. The molecular formula is C21H48ClNO3Si. The Labute approximate surface area is 176 Å². The normalized spacial score (nSPS) is 12.2. The third-order valence-electron chi connectivity index (χ3n) is 5.97. The summed E-state index contributed by atoms with van der Waals surface area (Å²) in [4.78, 5) is 27.6. The van der Waals surface area contributed by atoms with Crippen molar-refractivity contribution < 1.29 is 31.3 Å².